The first-order valence-electron chi connectivity index (χ1n) is 8.44. The smallest absolute Gasteiger partial charge is 0.230 e. The number of aryl methyl sites for hydroxylation is 2. The number of hydrogen-bond acceptors (Lipinski definition) is 5. The molecule has 2 aromatic heterocycles. The van der Waals surface area contributed by atoms with Gasteiger partial charge in [-0.25, -0.2) is 4.98 Å². The largest absolute Gasteiger partial charge is 0.336 e. The Bertz CT molecular complexity index is 750. The van der Waals surface area contributed by atoms with Crippen LogP contribution in [0.15, 0.2) is 17.8 Å². The van der Waals surface area contributed by atoms with Gasteiger partial charge in [0.2, 0.25) is 5.91 Å². The van der Waals surface area contributed by atoms with Gasteiger partial charge in [-0.3, -0.25) is 14.4 Å². The van der Waals surface area contributed by atoms with Gasteiger partial charge in [0, 0.05) is 43.8 Å². The number of carbonyl (C=O) groups excluding carboxylic acids is 1. The van der Waals surface area contributed by atoms with Crippen molar-refractivity contribution < 1.29 is 4.79 Å². The molecule has 2 saturated heterocycles. The van der Waals surface area contributed by atoms with Crippen molar-refractivity contribution in [3.63, 3.8) is 0 Å². The van der Waals surface area contributed by atoms with Crippen molar-refractivity contribution in [3.8, 4) is 0 Å². The van der Waals surface area contributed by atoms with Crippen LogP contribution in [0.25, 0.3) is 0 Å². The molecule has 0 aliphatic carbocycles. The van der Waals surface area contributed by atoms with Crippen LogP contribution in [0.2, 0.25) is 0 Å². The normalized spacial score (nSPS) is 24.6. The molecule has 7 heteroatoms. The maximum atomic E-state index is 13.0. The summed E-state index contributed by atoms with van der Waals surface area (Å²) in [5.41, 5.74) is 2.07. The summed E-state index contributed by atoms with van der Waals surface area (Å²) in [6.07, 6.45) is 5.91. The second-order valence-electron chi connectivity index (χ2n) is 7.10. The summed E-state index contributed by atoms with van der Waals surface area (Å²) in [5.74, 6) is 0.321. The highest BCUT2D eigenvalue weighted by Crippen LogP contribution is 2.41. The van der Waals surface area contributed by atoms with Crippen LogP contribution in [0, 0.1) is 12.3 Å². The van der Waals surface area contributed by atoms with Gasteiger partial charge in [-0.15, -0.1) is 11.3 Å². The average molecular weight is 345 g/mol. The third kappa shape index (κ3) is 2.86. The summed E-state index contributed by atoms with van der Waals surface area (Å²) in [5, 5.41) is 7.36. The van der Waals surface area contributed by atoms with Gasteiger partial charge in [-0.2, -0.15) is 5.10 Å². The summed E-state index contributed by atoms with van der Waals surface area (Å²) in [7, 11) is 1.94. The third-order valence-corrected chi connectivity index (χ3v) is 6.04. The number of rotatable bonds is 4. The SMILES string of the molecule is Cc1nc(CN2CC[C@]3(CCN(Cc4cnn(C)c4)C3)C2=O)cs1. The maximum absolute atomic E-state index is 13.0. The zero-order valence-electron chi connectivity index (χ0n) is 14.2. The molecule has 2 aromatic rings. The lowest BCUT2D eigenvalue weighted by Gasteiger charge is -2.23. The van der Waals surface area contributed by atoms with Crippen molar-refractivity contribution in [3.05, 3.63) is 34.0 Å². The minimum atomic E-state index is -0.173. The number of thiazole rings is 1. The number of hydrogen-bond donors (Lipinski definition) is 0. The lowest BCUT2D eigenvalue weighted by Crippen LogP contribution is -2.36. The van der Waals surface area contributed by atoms with E-state index < -0.39 is 0 Å². The summed E-state index contributed by atoms with van der Waals surface area (Å²) in [4.78, 5) is 21.9. The Morgan fingerprint density at radius 2 is 2.12 bits per heavy atom. The fourth-order valence-electron chi connectivity index (χ4n) is 4.00. The van der Waals surface area contributed by atoms with Crippen LogP contribution in [-0.4, -0.2) is 50.1 Å². The topological polar surface area (TPSA) is 54.3 Å². The van der Waals surface area contributed by atoms with E-state index in [1.807, 2.05) is 29.7 Å². The molecule has 1 atom stereocenters. The van der Waals surface area contributed by atoms with Gasteiger partial charge >= 0.3 is 0 Å². The first-order chi connectivity index (χ1) is 11.5. The van der Waals surface area contributed by atoms with Gasteiger partial charge in [-0.1, -0.05) is 0 Å². The van der Waals surface area contributed by atoms with E-state index in [0.717, 1.165) is 49.7 Å². The predicted molar refractivity (Wildman–Crippen MR) is 92.4 cm³/mol. The molecule has 0 radical (unpaired) electrons. The first kappa shape index (κ1) is 15.8. The number of amides is 1. The second-order valence-corrected chi connectivity index (χ2v) is 8.16. The fraction of sp³-hybridized carbons (Fsp3) is 0.588. The zero-order chi connectivity index (χ0) is 16.7. The molecule has 2 aliphatic rings. The van der Waals surface area contributed by atoms with Gasteiger partial charge in [0.25, 0.3) is 0 Å². The van der Waals surface area contributed by atoms with Crippen LogP contribution in [-0.2, 0) is 24.9 Å². The van der Waals surface area contributed by atoms with Gasteiger partial charge in [0.1, 0.15) is 0 Å². The molecule has 0 unspecified atom stereocenters. The molecule has 0 aromatic carbocycles. The second kappa shape index (κ2) is 5.97. The summed E-state index contributed by atoms with van der Waals surface area (Å²) in [6, 6.07) is 0. The molecule has 1 spiro atoms. The van der Waals surface area contributed by atoms with Crippen molar-refractivity contribution in [2.45, 2.75) is 32.9 Å². The molecular formula is C17H23N5OS. The Morgan fingerprint density at radius 3 is 2.83 bits per heavy atom. The predicted octanol–water partition coefficient (Wildman–Crippen LogP) is 1.81. The summed E-state index contributed by atoms with van der Waals surface area (Å²) in [6.45, 7) is 6.27. The highest BCUT2D eigenvalue weighted by molar-refractivity contribution is 7.09. The number of carbonyl (C=O) groups is 1. The molecule has 4 rings (SSSR count). The van der Waals surface area contributed by atoms with E-state index in [0.29, 0.717) is 12.5 Å². The highest BCUT2D eigenvalue weighted by Gasteiger charge is 2.50. The molecule has 128 valence electrons. The molecule has 1 amide bonds. The Morgan fingerprint density at radius 1 is 1.29 bits per heavy atom. The van der Waals surface area contributed by atoms with Gasteiger partial charge in [0.05, 0.1) is 28.9 Å². The van der Waals surface area contributed by atoms with Crippen LogP contribution in [0.4, 0.5) is 0 Å². The lowest BCUT2D eigenvalue weighted by atomic mass is 9.85. The Hall–Kier alpha value is -1.73. The molecule has 24 heavy (non-hydrogen) atoms. The van der Waals surface area contributed by atoms with Crippen LogP contribution in [0.3, 0.4) is 0 Å². The Kier molecular flexibility index (Phi) is 3.92. The first-order valence-corrected chi connectivity index (χ1v) is 9.32. The monoisotopic (exact) mass is 345 g/mol. The van der Waals surface area contributed by atoms with Crippen molar-refractivity contribution in [1.82, 2.24) is 24.6 Å². The van der Waals surface area contributed by atoms with Gasteiger partial charge in [0.15, 0.2) is 0 Å². The van der Waals surface area contributed by atoms with Gasteiger partial charge in [-0.05, 0) is 26.3 Å². The molecule has 6 nitrogen and oxygen atoms in total. The van der Waals surface area contributed by atoms with Gasteiger partial charge < -0.3 is 4.90 Å². The molecule has 4 heterocycles. The molecular weight excluding hydrogens is 322 g/mol. The van der Waals surface area contributed by atoms with Crippen LogP contribution < -0.4 is 0 Å². The quantitative estimate of drug-likeness (QED) is 0.848. The maximum Gasteiger partial charge on any atom is 0.230 e. The Balaban J connectivity index is 1.40. The number of likely N-dealkylation sites (tertiary alicyclic amines) is 2. The van der Waals surface area contributed by atoms with Crippen LogP contribution in [0.1, 0.15) is 29.1 Å². The average Bonchev–Trinajstić information content (AvgIpc) is 3.29. The van der Waals surface area contributed by atoms with E-state index in [9.17, 15) is 4.79 Å². The van der Waals surface area contributed by atoms with Crippen LogP contribution in [0.5, 0.6) is 0 Å². The number of aromatic nitrogens is 3. The molecule has 2 aliphatic heterocycles. The minimum absolute atomic E-state index is 0.173. The minimum Gasteiger partial charge on any atom is -0.336 e. The summed E-state index contributed by atoms with van der Waals surface area (Å²) >= 11 is 1.65. The van der Waals surface area contributed by atoms with Crippen molar-refractivity contribution in [2.75, 3.05) is 19.6 Å². The lowest BCUT2D eigenvalue weighted by molar-refractivity contribution is -0.136. The van der Waals surface area contributed by atoms with E-state index in [-0.39, 0.29) is 5.41 Å². The fourth-order valence-corrected chi connectivity index (χ4v) is 4.61. The third-order valence-electron chi connectivity index (χ3n) is 5.22. The standard InChI is InChI=1S/C17H23N5OS/c1-13-19-15(11-24-13)10-22-6-4-17(16(22)23)3-5-21(12-17)9-14-7-18-20(2)8-14/h7-8,11H,3-6,9-10,12H2,1-2H3/t17-/m0/s1. The van der Waals surface area contributed by atoms with Crippen molar-refractivity contribution in [2.24, 2.45) is 12.5 Å². The van der Waals surface area contributed by atoms with Crippen LogP contribution >= 0.6 is 11.3 Å². The Labute approximate surface area is 146 Å². The van der Waals surface area contributed by atoms with E-state index >= 15 is 0 Å². The molecule has 0 N–H and O–H groups in total. The molecule has 2 fully saturated rings. The van der Waals surface area contributed by atoms with E-state index in [2.05, 4.69) is 26.6 Å². The van der Waals surface area contributed by atoms with E-state index in [1.54, 1.807) is 11.3 Å². The summed E-state index contributed by atoms with van der Waals surface area (Å²) < 4.78 is 1.83. The molecule has 0 saturated carbocycles. The number of nitrogens with zero attached hydrogens (tertiary/aromatic N) is 5. The van der Waals surface area contributed by atoms with Crippen molar-refractivity contribution in [1.29, 1.82) is 0 Å². The molecule has 0 bridgehead atoms. The van der Waals surface area contributed by atoms with E-state index in [1.165, 1.54) is 5.56 Å². The van der Waals surface area contributed by atoms with Crippen molar-refractivity contribution >= 4 is 17.2 Å². The zero-order valence-corrected chi connectivity index (χ0v) is 15.1. The highest BCUT2D eigenvalue weighted by atomic mass is 32.1. The van der Waals surface area contributed by atoms with E-state index in [4.69, 9.17) is 0 Å².